The van der Waals surface area contributed by atoms with E-state index in [9.17, 15) is 0 Å². The molecule has 98 valence electrons. The molecule has 5 heteroatoms. The Kier molecular flexibility index (Phi) is 3.62. The average molecular weight is 276 g/mol. The van der Waals surface area contributed by atoms with Gasteiger partial charge in [-0.1, -0.05) is 0 Å². The maximum absolute atomic E-state index is 5.75. The number of nitrogen functional groups attached to an aromatic ring is 1. The largest absolute Gasteiger partial charge is 0.497 e. The van der Waals surface area contributed by atoms with E-state index in [1.54, 1.807) is 7.11 Å². The summed E-state index contributed by atoms with van der Waals surface area (Å²) in [7, 11) is 1.65. The Hall–Kier alpha value is -2.20. The fourth-order valence-electron chi connectivity index (χ4n) is 1.91. The van der Waals surface area contributed by atoms with Crippen LogP contribution in [0, 0.1) is 0 Å². The van der Waals surface area contributed by atoms with E-state index in [1.165, 1.54) is 0 Å². The van der Waals surface area contributed by atoms with Gasteiger partial charge in [0.05, 0.1) is 18.1 Å². The molecule has 0 saturated heterocycles. The second-order valence-electron chi connectivity index (χ2n) is 4.09. The first kappa shape index (κ1) is 13.2. The molecule has 0 bridgehead atoms. The molecule has 1 aromatic heterocycles. The van der Waals surface area contributed by atoms with Crippen LogP contribution in [-0.2, 0) is 0 Å². The Morgan fingerprint density at radius 1 is 1.11 bits per heavy atom. The number of fused-ring (bicyclic) bond motifs is 1. The van der Waals surface area contributed by atoms with Crippen molar-refractivity contribution in [1.82, 2.24) is 9.97 Å². The van der Waals surface area contributed by atoms with Gasteiger partial charge in [-0.05, 0) is 42.5 Å². The Morgan fingerprint density at radius 2 is 1.84 bits per heavy atom. The van der Waals surface area contributed by atoms with Crippen molar-refractivity contribution in [3.8, 4) is 17.1 Å². The fraction of sp³-hybridized carbons (Fsp3) is 0.0714. The van der Waals surface area contributed by atoms with Gasteiger partial charge >= 0.3 is 0 Å². The number of rotatable bonds is 2. The number of hydrogen-bond donors (Lipinski definition) is 2. The van der Waals surface area contributed by atoms with Crippen LogP contribution < -0.4 is 10.5 Å². The summed E-state index contributed by atoms with van der Waals surface area (Å²) in [5, 5.41) is 0. The van der Waals surface area contributed by atoms with Crippen molar-refractivity contribution in [3.05, 3.63) is 42.5 Å². The SMILES string of the molecule is COc1ccc(-c2nc3ccc(N)cc3[nH]2)cc1.Cl. The molecule has 0 aliphatic rings. The van der Waals surface area contributed by atoms with Gasteiger partial charge in [-0.3, -0.25) is 0 Å². The normalized spacial score (nSPS) is 10.2. The first-order chi connectivity index (χ1) is 8.76. The summed E-state index contributed by atoms with van der Waals surface area (Å²) in [5.74, 6) is 1.66. The van der Waals surface area contributed by atoms with Crippen molar-refractivity contribution in [2.24, 2.45) is 0 Å². The van der Waals surface area contributed by atoms with E-state index in [4.69, 9.17) is 10.5 Å². The second kappa shape index (κ2) is 5.20. The maximum atomic E-state index is 5.75. The van der Waals surface area contributed by atoms with Crippen molar-refractivity contribution < 1.29 is 4.74 Å². The van der Waals surface area contributed by atoms with Crippen LogP contribution in [0.4, 0.5) is 5.69 Å². The van der Waals surface area contributed by atoms with Crippen molar-refractivity contribution in [1.29, 1.82) is 0 Å². The Balaban J connectivity index is 0.00000133. The second-order valence-corrected chi connectivity index (χ2v) is 4.09. The van der Waals surface area contributed by atoms with Crippen molar-refractivity contribution in [2.45, 2.75) is 0 Å². The number of benzene rings is 2. The fourth-order valence-corrected chi connectivity index (χ4v) is 1.91. The number of nitrogens with two attached hydrogens (primary N) is 1. The van der Waals surface area contributed by atoms with Gasteiger partial charge < -0.3 is 15.5 Å². The Bertz CT molecular complexity index is 691. The smallest absolute Gasteiger partial charge is 0.138 e. The van der Waals surface area contributed by atoms with Crippen LogP contribution in [0.25, 0.3) is 22.4 Å². The predicted molar refractivity (Wildman–Crippen MR) is 79.7 cm³/mol. The van der Waals surface area contributed by atoms with Crippen molar-refractivity contribution in [2.75, 3.05) is 12.8 Å². The van der Waals surface area contributed by atoms with Crippen molar-refractivity contribution in [3.63, 3.8) is 0 Å². The van der Waals surface area contributed by atoms with Crippen LogP contribution in [0.1, 0.15) is 0 Å². The number of imidazole rings is 1. The molecule has 0 fully saturated rings. The Morgan fingerprint density at radius 3 is 2.53 bits per heavy atom. The van der Waals surface area contributed by atoms with E-state index < -0.39 is 0 Å². The number of methoxy groups -OCH3 is 1. The van der Waals surface area contributed by atoms with Crippen LogP contribution in [-0.4, -0.2) is 17.1 Å². The van der Waals surface area contributed by atoms with Crippen LogP contribution in [0.2, 0.25) is 0 Å². The van der Waals surface area contributed by atoms with Gasteiger partial charge in [-0.15, -0.1) is 12.4 Å². The first-order valence-corrected chi connectivity index (χ1v) is 5.66. The van der Waals surface area contributed by atoms with E-state index in [-0.39, 0.29) is 12.4 Å². The highest BCUT2D eigenvalue weighted by Crippen LogP contribution is 2.23. The highest BCUT2D eigenvalue weighted by atomic mass is 35.5. The lowest BCUT2D eigenvalue weighted by Gasteiger charge is -2.00. The first-order valence-electron chi connectivity index (χ1n) is 5.66. The van der Waals surface area contributed by atoms with Gasteiger partial charge in [0.1, 0.15) is 11.6 Å². The molecule has 0 radical (unpaired) electrons. The quantitative estimate of drug-likeness (QED) is 0.706. The highest BCUT2D eigenvalue weighted by Gasteiger charge is 2.05. The predicted octanol–water partition coefficient (Wildman–Crippen LogP) is 3.24. The zero-order chi connectivity index (χ0) is 12.5. The Labute approximate surface area is 117 Å². The number of aromatic amines is 1. The molecule has 0 spiro atoms. The molecule has 0 amide bonds. The van der Waals surface area contributed by atoms with Crippen LogP contribution in [0.3, 0.4) is 0 Å². The van der Waals surface area contributed by atoms with Crippen LogP contribution >= 0.6 is 12.4 Å². The number of anilines is 1. The standard InChI is InChI=1S/C14H13N3O.ClH/c1-18-11-5-2-9(3-6-11)14-16-12-7-4-10(15)8-13(12)17-14;/h2-8H,15H2,1H3,(H,16,17);1H. The van der Waals surface area contributed by atoms with Crippen LogP contribution in [0.15, 0.2) is 42.5 Å². The molecule has 1 heterocycles. The third-order valence-electron chi connectivity index (χ3n) is 2.87. The molecule has 0 aliphatic heterocycles. The molecule has 0 saturated carbocycles. The zero-order valence-electron chi connectivity index (χ0n) is 10.4. The van der Waals surface area contributed by atoms with Crippen LogP contribution in [0.5, 0.6) is 5.75 Å². The molecule has 3 aromatic rings. The summed E-state index contributed by atoms with van der Waals surface area (Å²) < 4.78 is 5.13. The molecular formula is C14H14ClN3O. The molecule has 0 aliphatic carbocycles. The summed E-state index contributed by atoms with van der Waals surface area (Å²) in [4.78, 5) is 7.79. The van der Waals surface area contributed by atoms with Crippen molar-refractivity contribution >= 4 is 29.1 Å². The number of hydrogen-bond acceptors (Lipinski definition) is 3. The number of nitrogens with zero attached hydrogens (tertiary/aromatic N) is 1. The minimum absolute atomic E-state index is 0. The lowest BCUT2D eigenvalue weighted by molar-refractivity contribution is 0.415. The number of halogens is 1. The molecule has 3 N–H and O–H groups in total. The molecule has 2 aromatic carbocycles. The topological polar surface area (TPSA) is 63.9 Å². The number of aromatic nitrogens is 2. The molecule has 3 rings (SSSR count). The van der Waals surface area contributed by atoms with E-state index in [2.05, 4.69) is 9.97 Å². The monoisotopic (exact) mass is 275 g/mol. The summed E-state index contributed by atoms with van der Waals surface area (Å²) in [6.45, 7) is 0. The summed E-state index contributed by atoms with van der Waals surface area (Å²) >= 11 is 0. The van der Waals surface area contributed by atoms with E-state index in [0.29, 0.717) is 0 Å². The minimum atomic E-state index is 0. The van der Waals surface area contributed by atoms with Gasteiger partial charge in [0.2, 0.25) is 0 Å². The molecular weight excluding hydrogens is 262 g/mol. The zero-order valence-corrected chi connectivity index (χ0v) is 11.2. The number of nitrogens with one attached hydrogen (secondary N) is 1. The third kappa shape index (κ3) is 2.48. The minimum Gasteiger partial charge on any atom is -0.497 e. The van der Waals surface area contributed by atoms with Gasteiger partial charge in [-0.25, -0.2) is 4.98 Å². The maximum Gasteiger partial charge on any atom is 0.138 e. The molecule has 0 unspecified atom stereocenters. The lowest BCUT2D eigenvalue weighted by Crippen LogP contribution is -1.83. The summed E-state index contributed by atoms with van der Waals surface area (Å²) in [5.41, 5.74) is 9.35. The number of H-pyrrole nitrogens is 1. The van der Waals surface area contributed by atoms with Gasteiger partial charge in [-0.2, -0.15) is 0 Å². The van der Waals surface area contributed by atoms with E-state index in [0.717, 1.165) is 33.9 Å². The third-order valence-corrected chi connectivity index (χ3v) is 2.87. The summed E-state index contributed by atoms with van der Waals surface area (Å²) in [6.07, 6.45) is 0. The van der Waals surface area contributed by atoms with Gasteiger partial charge in [0.15, 0.2) is 0 Å². The molecule has 19 heavy (non-hydrogen) atoms. The lowest BCUT2D eigenvalue weighted by atomic mass is 10.2. The van der Waals surface area contributed by atoms with E-state index in [1.807, 2.05) is 42.5 Å². The summed E-state index contributed by atoms with van der Waals surface area (Å²) in [6, 6.07) is 13.4. The van der Waals surface area contributed by atoms with Gasteiger partial charge in [0, 0.05) is 11.3 Å². The average Bonchev–Trinajstić information content (AvgIpc) is 2.81. The van der Waals surface area contributed by atoms with Gasteiger partial charge in [0.25, 0.3) is 0 Å². The molecule has 0 atom stereocenters. The van der Waals surface area contributed by atoms with E-state index >= 15 is 0 Å². The number of ether oxygens (including phenoxy) is 1. The highest BCUT2D eigenvalue weighted by molar-refractivity contribution is 5.85. The molecule has 4 nitrogen and oxygen atoms in total.